The highest BCUT2D eigenvalue weighted by atomic mass is 79.9. The molecule has 35 heavy (non-hydrogen) atoms. The summed E-state index contributed by atoms with van der Waals surface area (Å²) in [6.07, 6.45) is 1.60. The number of rotatable bonds is 11. The summed E-state index contributed by atoms with van der Waals surface area (Å²) in [6.45, 7) is 4.27. The molecule has 2 aromatic carbocycles. The maximum absolute atomic E-state index is 12.7. The van der Waals surface area contributed by atoms with E-state index in [-0.39, 0.29) is 30.2 Å². The first kappa shape index (κ1) is 26.4. The first-order valence-corrected chi connectivity index (χ1v) is 12.8. The van der Waals surface area contributed by atoms with Crippen molar-refractivity contribution in [3.05, 3.63) is 73.6 Å². The molecule has 3 aromatic rings. The van der Waals surface area contributed by atoms with Crippen molar-refractivity contribution in [3.63, 3.8) is 0 Å². The van der Waals surface area contributed by atoms with Gasteiger partial charge in [-0.05, 0) is 59.0 Å². The van der Waals surface area contributed by atoms with Gasteiger partial charge in [0, 0.05) is 29.5 Å². The van der Waals surface area contributed by atoms with Gasteiger partial charge in [-0.1, -0.05) is 25.1 Å². The fourth-order valence-electron chi connectivity index (χ4n) is 3.34. The van der Waals surface area contributed by atoms with Crippen molar-refractivity contribution in [2.24, 2.45) is 0 Å². The van der Waals surface area contributed by atoms with Crippen LogP contribution < -0.4 is 10.1 Å². The third kappa shape index (κ3) is 6.89. The number of carbonyl (C=O) groups excluding carboxylic acids is 2. The predicted molar refractivity (Wildman–Crippen MR) is 139 cm³/mol. The summed E-state index contributed by atoms with van der Waals surface area (Å²) in [5, 5.41) is 16.0. The Kier molecular flexibility index (Phi) is 9.39. The Balaban J connectivity index is 1.68. The number of non-ortho nitro benzene ring substituents is 1. The summed E-state index contributed by atoms with van der Waals surface area (Å²) in [4.78, 5) is 35.9. The third-order valence-corrected chi connectivity index (χ3v) is 6.62. The van der Waals surface area contributed by atoms with Crippen molar-refractivity contribution in [2.75, 3.05) is 18.5 Å². The van der Waals surface area contributed by atoms with E-state index in [1.807, 2.05) is 18.2 Å². The maximum atomic E-state index is 12.7. The van der Waals surface area contributed by atoms with Gasteiger partial charge in [-0.2, -0.15) is 0 Å². The van der Waals surface area contributed by atoms with Gasteiger partial charge >= 0.3 is 5.97 Å². The second kappa shape index (κ2) is 12.5. The Morgan fingerprint density at radius 2 is 1.97 bits per heavy atom. The number of nitro groups is 1. The monoisotopic (exact) mass is 560 g/mol. The van der Waals surface area contributed by atoms with Crippen LogP contribution in [0.2, 0.25) is 0 Å². The molecule has 0 radical (unpaired) electrons. The van der Waals surface area contributed by atoms with E-state index in [1.54, 1.807) is 24.4 Å². The third-order valence-electron chi connectivity index (χ3n) is 5.10. The normalized spacial score (nSPS) is 10.6. The molecule has 1 amide bonds. The van der Waals surface area contributed by atoms with Crippen LogP contribution in [0.5, 0.6) is 5.75 Å². The predicted octanol–water partition coefficient (Wildman–Crippen LogP) is 6.62. The number of benzene rings is 2. The molecule has 184 valence electrons. The summed E-state index contributed by atoms with van der Waals surface area (Å²) in [5.74, 6) is -0.159. The molecule has 3 rings (SSSR count). The number of nitrogens with one attached hydrogen (secondary N) is 1. The van der Waals surface area contributed by atoms with Crippen molar-refractivity contribution in [1.82, 2.24) is 0 Å². The lowest BCUT2D eigenvalue weighted by Crippen LogP contribution is -2.15. The standard InChI is InChI=1S/C25H25BrN2O6S/c1-3-16-10-11-21(20(26)13-16)34-12-6-9-22(29)27-24-23(25(30)33-4-2)19(15-35-24)17-7-5-8-18(14-17)28(31)32/h5,7-8,10-11,13-15H,3-4,6,9,12H2,1-2H3,(H,27,29). The molecule has 0 spiro atoms. The van der Waals surface area contributed by atoms with Crippen molar-refractivity contribution in [2.45, 2.75) is 33.1 Å². The second-order valence-corrected chi connectivity index (χ2v) is 9.23. The van der Waals surface area contributed by atoms with Crippen LogP contribution in [0, 0.1) is 10.1 Å². The molecular formula is C25H25BrN2O6S. The van der Waals surface area contributed by atoms with E-state index in [2.05, 4.69) is 28.2 Å². The summed E-state index contributed by atoms with van der Waals surface area (Å²) in [5.41, 5.74) is 2.25. The molecule has 0 saturated heterocycles. The highest BCUT2D eigenvalue weighted by Crippen LogP contribution is 2.37. The highest BCUT2D eigenvalue weighted by molar-refractivity contribution is 9.10. The topological polar surface area (TPSA) is 108 Å². The molecule has 0 fully saturated rings. The summed E-state index contributed by atoms with van der Waals surface area (Å²) in [6, 6.07) is 11.9. The van der Waals surface area contributed by atoms with Crippen molar-refractivity contribution in [3.8, 4) is 16.9 Å². The van der Waals surface area contributed by atoms with Gasteiger partial charge in [0.1, 0.15) is 16.3 Å². The van der Waals surface area contributed by atoms with Gasteiger partial charge in [-0.3, -0.25) is 14.9 Å². The molecule has 0 atom stereocenters. The van der Waals surface area contributed by atoms with Crippen LogP contribution in [0.4, 0.5) is 10.7 Å². The minimum absolute atomic E-state index is 0.0925. The van der Waals surface area contributed by atoms with E-state index in [0.29, 0.717) is 34.9 Å². The minimum Gasteiger partial charge on any atom is -0.492 e. The minimum atomic E-state index is -0.603. The molecule has 1 N–H and O–H groups in total. The number of anilines is 1. The van der Waals surface area contributed by atoms with Gasteiger partial charge in [0.25, 0.3) is 5.69 Å². The van der Waals surface area contributed by atoms with E-state index >= 15 is 0 Å². The lowest BCUT2D eigenvalue weighted by Gasteiger charge is -2.10. The van der Waals surface area contributed by atoms with Gasteiger partial charge in [-0.15, -0.1) is 11.3 Å². The van der Waals surface area contributed by atoms with Crippen LogP contribution in [-0.4, -0.2) is 30.0 Å². The van der Waals surface area contributed by atoms with Crippen LogP contribution in [0.15, 0.2) is 52.3 Å². The molecule has 1 heterocycles. The zero-order valence-electron chi connectivity index (χ0n) is 19.3. The van der Waals surface area contributed by atoms with E-state index < -0.39 is 10.9 Å². The average molecular weight is 561 g/mol. The SMILES string of the molecule is CCOC(=O)c1c(-c2cccc([N+](=O)[O-])c2)csc1NC(=O)CCCOc1ccc(CC)cc1Br. The Morgan fingerprint density at radius 3 is 2.66 bits per heavy atom. The van der Waals surface area contributed by atoms with Crippen molar-refractivity contribution < 1.29 is 24.0 Å². The number of esters is 1. The zero-order chi connectivity index (χ0) is 25.4. The van der Waals surface area contributed by atoms with Crippen LogP contribution >= 0.6 is 27.3 Å². The van der Waals surface area contributed by atoms with Gasteiger partial charge in [0.05, 0.1) is 22.6 Å². The van der Waals surface area contributed by atoms with Crippen molar-refractivity contribution in [1.29, 1.82) is 0 Å². The fraction of sp³-hybridized carbons (Fsp3) is 0.280. The first-order chi connectivity index (χ1) is 16.8. The van der Waals surface area contributed by atoms with Gasteiger partial charge in [-0.25, -0.2) is 4.79 Å². The largest absolute Gasteiger partial charge is 0.492 e. The molecule has 10 heteroatoms. The number of thiophene rings is 1. The number of ether oxygens (including phenoxy) is 2. The summed E-state index contributed by atoms with van der Waals surface area (Å²) >= 11 is 4.67. The molecule has 8 nitrogen and oxygen atoms in total. The van der Waals surface area contributed by atoms with Crippen molar-refractivity contribution >= 4 is 49.8 Å². The number of aryl methyl sites for hydroxylation is 1. The average Bonchev–Trinajstić information content (AvgIpc) is 3.26. The Bertz CT molecular complexity index is 1230. The van der Waals surface area contributed by atoms with E-state index in [0.717, 1.165) is 10.9 Å². The highest BCUT2D eigenvalue weighted by Gasteiger charge is 2.23. The molecule has 0 aliphatic heterocycles. The number of hydrogen-bond acceptors (Lipinski definition) is 7. The van der Waals surface area contributed by atoms with E-state index in [4.69, 9.17) is 9.47 Å². The summed E-state index contributed by atoms with van der Waals surface area (Å²) < 4.78 is 11.8. The fourth-order valence-corrected chi connectivity index (χ4v) is 4.85. The number of nitrogens with zero attached hydrogens (tertiary/aromatic N) is 1. The van der Waals surface area contributed by atoms with Crippen LogP contribution in [0.3, 0.4) is 0 Å². The summed E-state index contributed by atoms with van der Waals surface area (Å²) in [7, 11) is 0. The van der Waals surface area contributed by atoms with Crippen LogP contribution in [0.25, 0.3) is 11.1 Å². The Morgan fingerprint density at radius 1 is 1.17 bits per heavy atom. The molecule has 0 bridgehead atoms. The smallest absolute Gasteiger partial charge is 0.341 e. The molecule has 0 unspecified atom stereocenters. The number of hydrogen-bond donors (Lipinski definition) is 1. The van der Waals surface area contributed by atoms with Gasteiger partial charge < -0.3 is 14.8 Å². The zero-order valence-corrected chi connectivity index (χ0v) is 21.7. The Hall–Kier alpha value is -3.24. The number of amides is 1. The molecule has 0 saturated carbocycles. The lowest BCUT2D eigenvalue weighted by molar-refractivity contribution is -0.384. The molecule has 0 aliphatic carbocycles. The molecular weight excluding hydrogens is 536 g/mol. The first-order valence-electron chi connectivity index (χ1n) is 11.1. The van der Waals surface area contributed by atoms with Gasteiger partial charge in [0.2, 0.25) is 5.91 Å². The maximum Gasteiger partial charge on any atom is 0.341 e. The lowest BCUT2D eigenvalue weighted by atomic mass is 10.0. The quantitative estimate of drug-likeness (QED) is 0.122. The van der Waals surface area contributed by atoms with E-state index in [1.165, 1.54) is 29.0 Å². The van der Waals surface area contributed by atoms with Gasteiger partial charge in [0.15, 0.2) is 0 Å². The number of carbonyl (C=O) groups is 2. The number of halogens is 1. The van der Waals surface area contributed by atoms with E-state index in [9.17, 15) is 19.7 Å². The second-order valence-electron chi connectivity index (χ2n) is 7.50. The molecule has 1 aromatic heterocycles. The Labute approximate surface area is 215 Å². The number of nitro benzene ring substituents is 1. The van der Waals surface area contributed by atoms with Crippen LogP contribution in [0.1, 0.15) is 42.6 Å². The molecule has 0 aliphatic rings. The van der Waals surface area contributed by atoms with Crippen LogP contribution in [-0.2, 0) is 16.0 Å².